The van der Waals surface area contributed by atoms with E-state index in [1.54, 1.807) is 38.7 Å². The summed E-state index contributed by atoms with van der Waals surface area (Å²) in [6, 6.07) is 1.91. The van der Waals surface area contributed by atoms with E-state index in [9.17, 15) is 19.2 Å². The number of aryl methyl sites for hydroxylation is 1. The number of fused-ring (bicyclic) bond motifs is 7. The highest BCUT2D eigenvalue weighted by Crippen LogP contribution is 2.53. The molecule has 5 heterocycles. The van der Waals surface area contributed by atoms with E-state index in [0.717, 1.165) is 54.3 Å². The third kappa shape index (κ3) is 6.63. The first-order valence-electron chi connectivity index (χ1n) is 19.5. The van der Waals surface area contributed by atoms with Gasteiger partial charge in [0.15, 0.2) is 17.0 Å². The molecule has 1 saturated carbocycles. The van der Waals surface area contributed by atoms with E-state index in [0.29, 0.717) is 42.9 Å². The number of esters is 1. The second-order valence-corrected chi connectivity index (χ2v) is 16.5. The van der Waals surface area contributed by atoms with Crippen molar-refractivity contribution in [2.75, 3.05) is 19.9 Å². The van der Waals surface area contributed by atoms with Crippen molar-refractivity contribution in [1.29, 1.82) is 0 Å². The molecular formula is C41H50N4O9. The standard InChI is InChI=1S/C41H50N4O9/c1-5-50-37(48)41-20-17-25(41)11-9-7-6-8-10-12-28(43-38(49)54-39(2,3)4)36(47)45-22-40(21-29(45)35(46)44-41)19-18-26-31-27(15-16-30-34(31)52-23-51-30)42-32(24-13-14-24)33(26)53-40/h9,11,15-17,20,24-25,28-29H,5-8,10,12-14,18-19,21-23H2,1-4H3,(H,43,49)(H,44,46)/b11-9-/t25-,28+,29+,40-,41-/m1/s1. The molecule has 13 heteroatoms. The number of hydrogen-bond donors (Lipinski definition) is 2. The number of allylic oxidation sites excluding steroid dienone is 1. The second-order valence-electron chi connectivity index (χ2n) is 16.5. The van der Waals surface area contributed by atoms with Gasteiger partial charge in [-0.2, -0.15) is 0 Å². The second kappa shape index (κ2) is 13.8. The third-order valence-corrected chi connectivity index (χ3v) is 11.4. The molecule has 0 unspecified atom stereocenters. The molecule has 3 amide bonds. The van der Waals surface area contributed by atoms with Gasteiger partial charge < -0.3 is 39.2 Å². The maximum Gasteiger partial charge on any atom is 0.408 e. The van der Waals surface area contributed by atoms with Crippen molar-refractivity contribution in [2.45, 2.75) is 127 Å². The van der Waals surface area contributed by atoms with Crippen LogP contribution in [0.1, 0.15) is 103 Å². The molecule has 1 aromatic heterocycles. The quantitative estimate of drug-likeness (QED) is 0.302. The van der Waals surface area contributed by atoms with Crippen LogP contribution in [0.3, 0.4) is 0 Å². The Bertz CT molecular complexity index is 1930. The molecular weight excluding hydrogens is 692 g/mol. The highest BCUT2D eigenvalue weighted by molar-refractivity contribution is 5.97. The first kappa shape index (κ1) is 36.2. The Labute approximate surface area is 315 Å². The minimum absolute atomic E-state index is 0.107. The molecule has 13 nitrogen and oxygen atoms in total. The Morgan fingerprint density at radius 1 is 1.07 bits per heavy atom. The van der Waals surface area contributed by atoms with Gasteiger partial charge in [0.05, 0.1) is 29.7 Å². The molecule has 1 spiro atoms. The zero-order valence-electron chi connectivity index (χ0n) is 31.5. The van der Waals surface area contributed by atoms with Crippen LogP contribution in [0.2, 0.25) is 0 Å². The molecule has 2 aromatic rings. The molecule has 0 radical (unpaired) electrons. The summed E-state index contributed by atoms with van der Waals surface area (Å²) in [6.45, 7) is 7.42. The smallest absolute Gasteiger partial charge is 0.408 e. The highest BCUT2D eigenvalue weighted by atomic mass is 16.7. The molecule has 2 aliphatic carbocycles. The van der Waals surface area contributed by atoms with Crippen molar-refractivity contribution in [3.05, 3.63) is 47.7 Å². The minimum atomic E-state index is -1.41. The van der Waals surface area contributed by atoms with Gasteiger partial charge in [0.2, 0.25) is 18.6 Å². The van der Waals surface area contributed by atoms with Gasteiger partial charge in [-0.15, -0.1) is 0 Å². The van der Waals surface area contributed by atoms with Crippen molar-refractivity contribution < 1.29 is 42.9 Å². The molecule has 1 aromatic carbocycles. The predicted molar refractivity (Wildman–Crippen MR) is 197 cm³/mol. The van der Waals surface area contributed by atoms with Gasteiger partial charge in [-0.25, -0.2) is 14.6 Å². The van der Waals surface area contributed by atoms with Crippen LogP contribution in [-0.2, 0) is 30.3 Å². The Morgan fingerprint density at radius 2 is 1.91 bits per heavy atom. The number of pyridine rings is 1. The van der Waals surface area contributed by atoms with E-state index < -0.39 is 58.6 Å². The topological polar surface area (TPSA) is 155 Å². The van der Waals surface area contributed by atoms with Gasteiger partial charge >= 0.3 is 12.1 Å². The summed E-state index contributed by atoms with van der Waals surface area (Å²) in [6.07, 6.45) is 13.6. The fourth-order valence-electron chi connectivity index (χ4n) is 8.54. The summed E-state index contributed by atoms with van der Waals surface area (Å²) in [5.74, 6) is 0.423. The zero-order valence-corrected chi connectivity index (χ0v) is 31.5. The lowest BCUT2D eigenvalue weighted by molar-refractivity contribution is -0.154. The van der Waals surface area contributed by atoms with Crippen LogP contribution in [0, 0.1) is 5.92 Å². The van der Waals surface area contributed by atoms with Crippen LogP contribution < -0.4 is 24.8 Å². The van der Waals surface area contributed by atoms with E-state index in [2.05, 4.69) is 10.6 Å². The largest absolute Gasteiger partial charge is 0.483 e. The van der Waals surface area contributed by atoms with Gasteiger partial charge in [-0.1, -0.05) is 37.1 Å². The number of alkyl carbamates (subject to hydrolysis) is 1. The number of nitrogens with one attached hydrogen (secondary N) is 2. The first-order chi connectivity index (χ1) is 25.9. The van der Waals surface area contributed by atoms with Crippen LogP contribution in [0.15, 0.2) is 36.4 Å². The van der Waals surface area contributed by atoms with Gasteiger partial charge in [-0.3, -0.25) is 9.59 Å². The maximum atomic E-state index is 14.8. The Morgan fingerprint density at radius 3 is 2.65 bits per heavy atom. The summed E-state index contributed by atoms with van der Waals surface area (Å²) in [5, 5.41) is 6.75. The van der Waals surface area contributed by atoms with Crippen LogP contribution >= 0.6 is 0 Å². The lowest BCUT2D eigenvalue weighted by Gasteiger charge is -2.41. The number of amides is 3. The van der Waals surface area contributed by atoms with Crippen molar-refractivity contribution in [3.63, 3.8) is 0 Å². The molecule has 6 aliphatic rings. The van der Waals surface area contributed by atoms with Gasteiger partial charge in [0, 0.05) is 23.8 Å². The minimum Gasteiger partial charge on any atom is -0.483 e. The Balaban J connectivity index is 1.17. The van der Waals surface area contributed by atoms with Crippen LogP contribution in [0.5, 0.6) is 17.2 Å². The molecule has 8 rings (SSSR count). The fourth-order valence-corrected chi connectivity index (χ4v) is 8.54. The summed E-state index contributed by atoms with van der Waals surface area (Å²) >= 11 is 0. The number of carbonyl (C=O) groups is 4. The predicted octanol–water partition coefficient (Wildman–Crippen LogP) is 5.52. The third-order valence-electron chi connectivity index (χ3n) is 11.4. The summed E-state index contributed by atoms with van der Waals surface area (Å²) in [5.41, 5.74) is -0.415. The Kier molecular flexibility index (Phi) is 9.24. The summed E-state index contributed by atoms with van der Waals surface area (Å²) in [7, 11) is 0. The SMILES string of the molecule is CCOC(=O)[C@@]12C=C[C@H]1/C=C\CCCCC[C@H](NC(=O)OC(C)(C)C)C(=O)N1C[C@@]3(CCc4c(c(C5CC5)nc5ccc6c(c45)OCO6)O3)C[C@H]1C(=O)N2. The van der Waals surface area contributed by atoms with E-state index in [-0.39, 0.29) is 32.3 Å². The van der Waals surface area contributed by atoms with Gasteiger partial charge in [0.1, 0.15) is 29.0 Å². The summed E-state index contributed by atoms with van der Waals surface area (Å²) in [4.78, 5) is 62.9. The van der Waals surface area contributed by atoms with Crippen LogP contribution in [0.4, 0.5) is 4.79 Å². The average Bonchev–Trinajstić information content (AvgIpc) is 3.73. The lowest BCUT2D eigenvalue weighted by atomic mass is 9.73. The molecule has 5 atom stereocenters. The number of ether oxygens (including phenoxy) is 5. The number of benzene rings is 1. The highest BCUT2D eigenvalue weighted by Gasteiger charge is 2.57. The number of carbonyl (C=O) groups excluding carboxylic acids is 4. The molecule has 4 aliphatic heterocycles. The molecule has 1 saturated heterocycles. The van der Waals surface area contributed by atoms with Gasteiger partial charge in [0.25, 0.3) is 0 Å². The van der Waals surface area contributed by atoms with Crippen molar-refractivity contribution in [1.82, 2.24) is 20.5 Å². The van der Waals surface area contributed by atoms with E-state index in [1.165, 1.54) is 0 Å². The number of aromatic nitrogens is 1. The molecule has 288 valence electrons. The van der Waals surface area contributed by atoms with E-state index in [4.69, 9.17) is 28.7 Å². The number of hydrogen-bond acceptors (Lipinski definition) is 10. The van der Waals surface area contributed by atoms with E-state index >= 15 is 0 Å². The van der Waals surface area contributed by atoms with E-state index in [1.807, 2.05) is 30.4 Å². The fraction of sp³-hybridized carbons (Fsp3) is 0.585. The molecule has 54 heavy (non-hydrogen) atoms. The van der Waals surface area contributed by atoms with Crippen LogP contribution in [-0.4, -0.2) is 82.5 Å². The van der Waals surface area contributed by atoms with Gasteiger partial charge in [-0.05, 0) is 84.8 Å². The molecule has 2 N–H and O–H groups in total. The number of nitrogens with zero attached hydrogens (tertiary/aromatic N) is 2. The normalized spacial score (nSPS) is 29.8. The first-order valence-corrected chi connectivity index (χ1v) is 19.5. The average molecular weight is 743 g/mol. The molecule has 0 bridgehead atoms. The molecule has 2 fully saturated rings. The van der Waals surface area contributed by atoms with Crippen molar-refractivity contribution in [2.24, 2.45) is 5.92 Å². The number of rotatable bonds is 4. The zero-order chi connectivity index (χ0) is 37.8. The van der Waals surface area contributed by atoms with Crippen LogP contribution in [0.25, 0.3) is 10.9 Å². The Hall–Kier alpha value is -4.81. The van der Waals surface area contributed by atoms with Crippen molar-refractivity contribution >= 4 is 34.8 Å². The summed E-state index contributed by atoms with van der Waals surface area (Å²) < 4.78 is 29.9. The lowest BCUT2D eigenvalue weighted by Crippen LogP contribution is -2.65. The van der Waals surface area contributed by atoms with Crippen molar-refractivity contribution in [3.8, 4) is 17.2 Å². The maximum absolute atomic E-state index is 14.8. The monoisotopic (exact) mass is 742 g/mol.